The van der Waals surface area contributed by atoms with Crippen LogP contribution in [0, 0.1) is 11.8 Å². The zero-order chi connectivity index (χ0) is 15.4. The zero-order valence-corrected chi connectivity index (χ0v) is 12.8. The Balaban J connectivity index is 2.91. The highest BCUT2D eigenvalue weighted by Crippen LogP contribution is 2.22. The fourth-order valence-corrected chi connectivity index (χ4v) is 2.14. The molecule has 0 bridgehead atoms. The van der Waals surface area contributed by atoms with Gasteiger partial charge in [-0.25, -0.2) is 4.79 Å². The topological polar surface area (TPSA) is 80.6 Å². The minimum Gasteiger partial charge on any atom is -0.469 e. The highest BCUT2D eigenvalue weighted by atomic mass is 35.5. The standard InChI is InChI=1S/C12H18ClN3O4/c1-6(11(17)19-5)10-7(2)14-16(15-8(10)3)12(18)20-9(4)13/h6,9-10H,1-5H3. The van der Waals surface area contributed by atoms with Gasteiger partial charge in [0.05, 0.1) is 18.9 Å². The van der Waals surface area contributed by atoms with Crippen molar-refractivity contribution in [2.24, 2.45) is 22.0 Å². The summed E-state index contributed by atoms with van der Waals surface area (Å²) in [6.07, 6.45) is -0.768. The summed E-state index contributed by atoms with van der Waals surface area (Å²) in [5, 5.41) is 8.89. The number of carbonyl (C=O) groups excluding carboxylic acids is 2. The van der Waals surface area contributed by atoms with Gasteiger partial charge in [-0.2, -0.15) is 10.2 Å². The number of alkyl halides is 1. The van der Waals surface area contributed by atoms with Crippen LogP contribution < -0.4 is 0 Å². The van der Waals surface area contributed by atoms with E-state index in [9.17, 15) is 9.59 Å². The van der Waals surface area contributed by atoms with Gasteiger partial charge in [-0.3, -0.25) is 4.79 Å². The van der Waals surface area contributed by atoms with E-state index >= 15 is 0 Å². The molecule has 1 aliphatic rings. The van der Waals surface area contributed by atoms with Gasteiger partial charge in [0, 0.05) is 11.4 Å². The van der Waals surface area contributed by atoms with E-state index in [2.05, 4.69) is 10.2 Å². The first-order valence-corrected chi connectivity index (χ1v) is 6.54. The van der Waals surface area contributed by atoms with E-state index in [1.165, 1.54) is 14.0 Å². The molecule has 0 aromatic rings. The first-order valence-electron chi connectivity index (χ1n) is 6.10. The van der Waals surface area contributed by atoms with Crippen molar-refractivity contribution in [2.45, 2.75) is 33.3 Å². The summed E-state index contributed by atoms with van der Waals surface area (Å²) in [5.41, 5.74) is 0.379. The highest BCUT2D eigenvalue weighted by molar-refractivity contribution is 6.20. The fraction of sp³-hybridized carbons (Fsp3) is 0.667. The SMILES string of the molecule is COC(=O)C(C)C1C(C)=NN(C(=O)OC(C)Cl)N=C1C. The van der Waals surface area contributed by atoms with Crippen molar-refractivity contribution >= 4 is 35.1 Å². The lowest BCUT2D eigenvalue weighted by Crippen LogP contribution is -2.39. The molecule has 1 heterocycles. The van der Waals surface area contributed by atoms with E-state index in [1.54, 1.807) is 20.8 Å². The number of methoxy groups -OCH3 is 1. The molecule has 0 N–H and O–H groups in total. The molecule has 0 radical (unpaired) electrons. The van der Waals surface area contributed by atoms with E-state index in [1.807, 2.05) is 0 Å². The van der Waals surface area contributed by atoms with Gasteiger partial charge in [-0.1, -0.05) is 23.6 Å². The largest absolute Gasteiger partial charge is 0.469 e. The Hall–Kier alpha value is -1.63. The van der Waals surface area contributed by atoms with E-state index < -0.39 is 17.6 Å². The summed E-state index contributed by atoms with van der Waals surface area (Å²) in [4.78, 5) is 23.3. The van der Waals surface area contributed by atoms with Crippen LogP contribution in [0.15, 0.2) is 10.2 Å². The smallest absolute Gasteiger partial charge is 0.453 e. The second-order valence-electron chi connectivity index (χ2n) is 4.49. The molecule has 1 rings (SSSR count). The quantitative estimate of drug-likeness (QED) is 0.591. The number of nitrogens with zero attached hydrogens (tertiary/aromatic N) is 3. The van der Waals surface area contributed by atoms with Gasteiger partial charge >= 0.3 is 12.1 Å². The van der Waals surface area contributed by atoms with Crippen molar-refractivity contribution in [3.05, 3.63) is 0 Å². The maximum absolute atomic E-state index is 11.7. The van der Waals surface area contributed by atoms with Crippen LogP contribution in [0.4, 0.5) is 4.79 Å². The molecule has 0 fully saturated rings. The Morgan fingerprint density at radius 1 is 1.25 bits per heavy atom. The summed E-state index contributed by atoms with van der Waals surface area (Å²) in [7, 11) is 1.33. The molecular formula is C12H18ClN3O4. The molecule has 0 saturated heterocycles. The van der Waals surface area contributed by atoms with Gasteiger partial charge in [0.2, 0.25) is 0 Å². The Kier molecular flexibility index (Phi) is 5.50. The molecule has 1 aliphatic heterocycles. The number of esters is 1. The van der Waals surface area contributed by atoms with Crippen LogP contribution in [-0.4, -0.2) is 41.3 Å². The molecule has 20 heavy (non-hydrogen) atoms. The molecule has 2 unspecified atom stereocenters. The van der Waals surface area contributed by atoms with Gasteiger partial charge in [-0.15, -0.1) is 0 Å². The van der Waals surface area contributed by atoms with E-state index in [4.69, 9.17) is 21.1 Å². The number of carbonyl (C=O) groups is 2. The third-order valence-electron chi connectivity index (χ3n) is 2.90. The summed E-state index contributed by atoms with van der Waals surface area (Å²) < 4.78 is 9.51. The van der Waals surface area contributed by atoms with Crippen LogP contribution in [0.5, 0.6) is 0 Å². The number of amides is 1. The molecule has 0 aromatic carbocycles. The van der Waals surface area contributed by atoms with Gasteiger partial charge in [0.25, 0.3) is 0 Å². The van der Waals surface area contributed by atoms with Crippen LogP contribution in [-0.2, 0) is 14.3 Å². The van der Waals surface area contributed by atoms with Crippen molar-refractivity contribution in [2.75, 3.05) is 7.11 Å². The van der Waals surface area contributed by atoms with Gasteiger partial charge < -0.3 is 9.47 Å². The minimum atomic E-state index is -0.778. The van der Waals surface area contributed by atoms with Gasteiger partial charge in [0.15, 0.2) is 5.56 Å². The molecule has 0 saturated carbocycles. The third kappa shape index (κ3) is 3.69. The van der Waals surface area contributed by atoms with E-state index in [-0.39, 0.29) is 11.9 Å². The molecule has 2 atom stereocenters. The zero-order valence-electron chi connectivity index (χ0n) is 12.1. The first kappa shape index (κ1) is 16.4. The predicted octanol–water partition coefficient (Wildman–Crippen LogP) is 2.20. The summed E-state index contributed by atoms with van der Waals surface area (Å²) in [6.45, 7) is 6.67. The molecule has 0 spiro atoms. The van der Waals surface area contributed by atoms with E-state index in [0.717, 1.165) is 5.12 Å². The average Bonchev–Trinajstić information content (AvgIpc) is 2.35. The second-order valence-corrected chi connectivity index (χ2v) is 5.10. The molecule has 8 heteroatoms. The number of halogens is 1. The molecule has 1 amide bonds. The Morgan fingerprint density at radius 2 is 1.75 bits per heavy atom. The van der Waals surface area contributed by atoms with Crippen molar-refractivity contribution in [1.82, 2.24) is 5.12 Å². The monoisotopic (exact) mass is 303 g/mol. The highest BCUT2D eigenvalue weighted by Gasteiger charge is 2.34. The lowest BCUT2D eigenvalue weighted by molar-refractivity contribution is -0.145. The molecule has 0 aromatic heterocycles. The third-order valence-corrected chi connectivity index (χ3v) is 2.99. The van der Waals surface area contributed by atoms with Crippen molar-refractivity contribution in [3.63, 3.8) is 0 Å². The number of hydrogen-bond acceptors (Lipinski definition) is 6. The Bertz CT molecular complexity index is 442. The summed E-state index contributed by atoms with van der Waals surface area (Å²) in [6, 6.07) is 0. The van der Waals surface area contributed by atoms with E-state index in [0.29, 0.717) is 11.4 Å². The number of hydrogen-bond donors (Lipinski definition) is 0. The molecule has 112 valence electrons. The van der Waals surface area contributed by atoms with Crippen molar-refractivity contribution in [3.8, 4) is 0 Å². The molecule has 0 aliphatic carbocycles. The van der Waals surface area contributed by atoms with Crippen molar-refractivity contribution in [1.29, 1.82) is 0 Å². The van der Waals surface area contributed by atoms with Crippen LogP contribution in [0.3, 0.4) is 0 Å². The van der Waals surface area contributed by atoms with Gasteiger partial charge in [0.1, 0.15) is 0 Å². The maximum Gasteiger partial charge on any atom is 0.453 e. The van der Waals surface area contributed by atoms with Gasteiger partial charge in [-0.05, 0) is 20.8 Å². The summed E-state index contributed by atoms with van der Waals surface area (Å²) >= 11 is 5.58. The normalized spacial score (nSPS) is 18.8. The Labute approximate surface area is 122 Å². The lowest BCUT2D eigenvalue weighted by atomic mass is 9.86. The number of rotatable bonds is 3. The maximum atomic E-state index is 11.7. The van der Waals surface area contributed by atoms with Crippen LogP contribution in [0.1, 0.15) is 27.7 Å². The van der Waals surface area contributed by atoms with Crippen LogP contribution in [0.2, 0.25) is 0 Å². The number of hydrazone groups is 2. The second kappa shape index (κ2) is 6.69. The Morgan fingerprint density at radius 3 is 2.15 bits per heavy atom. The first-order chi connectivity index (χ1) is 9.27. The minimum absolute atomic E-state index is 0.306. The van der Waals surface area contributed by atoms with Crippen LogP contribution >= 0.6 is 11.6 Å². The number of ether oxygens (including phenoxy) is 2. The average molecular weight is 304 g/mol. The molecule has 7 nitrogen and oxygen atoms in total. The summed E-state index contributed by atoms with van der Waals surface area (Å²) in [5.74, 6) is -1.10. The fourth-order valence-electron chi connectivity index (χ4n) is 2.06. The predicted molar refractivity (Wildman–Crippen MR) is 74.5 cm³/mol. The molecular weight excluding hydrogens is 286 g/mol. The lowest BCUT2D eigenvalue weighted by Gasteiger charge is -2.27. The van der Waals surface area contributed by atoms with Crippen molar-refractivity contribution < 1.29 is 19.1 Å². The van der Waals surface area contributed by atoms with Crippen LogP contribution in [0.25, 0.3) is 0 Å².